The number of thiophene rings is 1. The number of alkyl halides is 3. The lowest BCUT2D eigenvalue weighted by Gasteiger charge is -2.34. The van der Waals surface area contributed by atoms with E-state index >= 15 is 0 Å². The van der Waals surface area contributed by atoms with Crippen molar-refractivity contribution >= 4 is 54.5 Å². The van der Waals surface area contributed by atoms with Crippen LogP contribution < -0.4 is 5.32 Å². The summed E-state index contributed by atoms with van der Waals surface area (Å²) in [7, 11) is -2.15. The van der Waals surface area contributed by atoms with Crippen LogP contribution in [-0.4, -0.2) is 54.7 Å². The van der Waals surface area contributed by atoms with Crippen LogP contribution in [0.1, 0.15) is 41.7 Å². The van der Waals surface area contributed by atoms with Gasteiger partial charge in [0.1, 0.15) is 9.84 Å². The third-order valence-corrected chi connectivity index (χ3v) is 8.92. The Kier molecular flexibility index (Phi) is 7.11. The van der Waals surface area contributed by atoms with Gasteiger partial charge in [0.2, 0.25) is 5.91 Å². The lowest BCUT2D eigenvalue weighted by atomic mass is 9.98. The highest BCUT2D eigenvalue weighted by molar-refractivity contribution is 7.91. The second kappa shape index (κ2) is 9.81. The molecule has 1 N–H and O–H groups in total. The fraction of sp³-hybridized carbons (Fsp3) is 0.375. The summed E-state index contributed by atoms with van der Waals surface area (Å²) in [6, 6.07) is 5.06. The number of sulfone groups is 1. The molecule has 4 rings (SSSR count). The van der Waals surface area contributed by atoms with Crippen LogP contribution in [0, 0.1) is 5.92 Å². The summed E-state index contributed by atoms with van der Waals surface area (Å²) in [5.74, 6) is -2.08. The summed E-state index contributed by atoms with van der Waals surface area (Å²) < 4.78 is 66.2. The van der Waals surface area contributed by atoms with E-state index in [2.05, 4.69) is 10.3 Å². The number of carbonyl (C=O) groups excluding carboxylic acids is 2. The zero-order chi connectivity index (χ0) is 26.3. The monoisotopic (exact) mass is 539 g/mol. The molecule has 0 unspecified atom stereocenters. The molecule has 7 nitrogen and oxygen atoms in total. The number of halogens is 3. The van der Waals surface area contributed by atoms with Crippen molar-refractivity contribution in [2.45, 2.75) is 32.0 Å². The van der Waals surface area contributed by atoms with Crippen LogP contribution in [0.25, 0.3) is 10.2 Å². The minimum atomic E-state index is -4.74. The highest BCUT2D eigenvalue weighted by Gasteiger charge is 2.46. The van der Waals surface area contributed by atoms with Crippen molar-refractivity contribution in [3.63, 3.8) is 0 Å². The van der Waals surface area contributed by atoms with Crippen molar-refractivity contribution in [3.8, 4) is 0 Å². The summed E-state index contributed by atoms with van der Waals surface area (Å²) in [4.78, 5) is 30.1. The molecule has 1 saturated heterocycles. The zero-order valence-corrected chi connectivity index (χ0v) is 21.1. The Morgan fingerprint density at radius 2 is 1.78 bits per heavy atom. The van der Waals surface area contributed by atoms with E-state index in [0.29, 0.717) is 27.4 Å². The first-order valence-corrected chi connectivity index (χ1v) is 13.9. The van der Waals surface area contributed by atoms with Gasteiger partial charge in [-0.05, 0) is 48.9 Å². The largest absolute Gasteiger partial charge is 0.413 e. The molecule has 0 bridgehead atoms. The molecule has 0 saturated carbocycles. The van der Waals surface area contributed by atoms with Gasteiger partial charge >= 0.3 is 6.18 Å². The van der Waals surface area contributed by atoms with E-state index in [1.165, 1.54) is 48.7 Å². The summed E-state index contributed by atoms with van der Waals surface area (Å²) in [5, 5.41) is 4.88. The Balaban J connectivity index is 1.57. The van der Waals surface area contributed by atoms with Crippen molar-refractivity contribution in [2.75, 3.05) is 23.9 Å². The third-order valence-electron chi connectivity index (χ3n) is 6.28. The number of nitrogens with zero attached hydrogens (tertiary/aromatic N) is 2. The van der Waals surface area contributed by atoms with Crippen LogP contribution in [0.2, 0.25) is 0 Å². The first-order valence-electron chi connectivity index (χ1n) is 11.2. The Labute approximate surface area is 210 Å². The van der Waals surface area contributed by atoms with Crippen LogP contribution in [-0.2, 0) is 14.6 Å². The van der Waals surface area contributed by atoms with Gasteiger partial charge in [-0.2, -0.15) is 13.2 Å². The molecule has 1 atom stereocenters. The van der Waals surface area contributed by atoms with E-state index < -0.39 is 33.9 Å². The van der Waals surface area contributed by atoms with Gasteiger partial charge in [0.05, 0.1) is 39.2 Å². The van der Waals surface area contributed by atoms with Crippen LogP contribution >= 0.6 is 11.3 Å². The normalized spacial score (nSPS) is 17.0. The average molecular weight is 540 g/mol. The van der Waals surface area contributed by atoms with E-state index in [4.69, 9.17) is 0 Å². The second-order valence-corrected chi connectivity index (χ2v) is 12.0. The summed E-state index contributed by atoms with van der Waals surface area (Å²) in [6.07, 6.45) is -3.20. The number of aromatic nitrogens is 1. The molecule has 1 aliphatic rings. The van der Waals surface area contributed by atoms with E-state index in [9.17, 15) is 31.2 Å². The predicted molar refractivity (Wildman–Crippen MR) is 132 cm³/mol. The number of hydrogen-bond donors (Lipinski definition) is 1. The number of ketones is 1. The zero-order valence-electron chi connectivity index (χ0n) is 19.5. The number of fused-ring (bicyclic) bond motifs is 1. The number of carbonyl (C=O) groups is 2. The summed E-state index contributed by atoms with van der Waals surface area (Å²) in [5.41, 5.74) is 1.89. The molecule has 36 heavy (non-hydrogen) atoms. The second-order valence-electron chi connectivity index (χ2n) is 8.80. The molecule has 2 aromatic heterocycles. The van der Waals surface area contributed by atoms with Gasteiger partial charge < -0.3 is 10.2 Å². The molecular formula is C24H24F3N3O4S2. The van der Waals surface area contributed by atoms with Gasteiger partial charge in [-0.15, -0.1) is 11.3 Å². The standard InChI is InChI=1S/C24H24F3N3O4S2/c1-14(31)20-19(13-28-18-7-10-35-21(18)20)29-17-5-3-15(4-6-17)22(24(25,26)27)30(2)23(32)16-8-11-36(33,34)12-9-16/h3-7,10,13,16,22,29H,8-9,11-12H2,1-2H3/t22-/m0/s1. The number of nitrogens with one attached hydrogen (secondary N) is 1. The van der Waals surface area contributed by atoms with Crippen molar-refractivity contribution in [2.24, 2.45) is 5.92 Å². The molecule has 0 radical (unpaired) electrons. The first-order chi connectivity index (χ1) is 16.9. The van der Waals surface area contributed by atoms with Gasteiger partial charge in [0, 0.05) is 18.7 Å². The molecule has 3 aromatic rings. The number of amides is 1. The molecule has 192 valence electrons. The fourth-order valence-electron chi connectivity index (χ4n) is 4.45. The number of rotatable bonds is 6. The Morgan fingerprint density at radius 1 is 1.14 bits per heavy atom. The van der Waals surface area contributed by atoms with Gasteiger partial charge in [0.15, 0.2) is 11.8 Å². The van der Waals surface area contributed by atoms with Crippen molar-refractivity contribution in [1.82, 2.24) is 9.88 Å². The van der Waals surface area contributed by atoms with Gasteiger partial charge in [-0.25, -0.2) is 8.42 Å². The summed E-state index contributed by atoms with van der Waals surface area (Å²) >= 11 is 1.37. The van der Waals surface area contributed by atoms with Gasteiger partial charge in [-0.3, -0.25) is 14.6 Å². The number of Topliss-reactive ketones (excluding diaryl/α,β-unsaturated/α-hetero) is 1. The maximum atomic E-state index is 14.1. The molecule has 1 aliphatic heterocycles. The first kappa shape index (κ1) is 26.1. The molecule has 0 aliphatic carbocycles. The molecule has 1 aromatic carbocycles. The highest BCUT2D eigenvalue weighted by Crippen LogP contribution is 2.39. The average Bonchev–Trinajstić information content (AvgIpc) is 3.27. The van der Waals surface area contributed by atoms with Crippen LogP contribution in [0.4, 0.5) is 24.5 Å². The highest BCUT2D eigenvalue weighted by atomic mass is 32.2. The summed E-state index contributed by atoms with van der Waals surface area (Å²) in [6.45, 7) is 1.44. The Morgan fingerprint density at radius 3 is 2.36 bits per heavy atom. The molecule has 0 spiro atoms. The fourth-order valence-corrected chi connectivity index (χ4v) is 6.88. The van der Waals surface area contributed by atoms with E-state index in [-0.39, 0.29) is 35.7 Å². The topological polar surface area (TPSA) is 96.4 Å². The SMILES string of the molecule is CC(=O)c1c(Nc2ccc([C@H](N(C)C(=O)C3CCS(=O)(=O)CC3)C(F)(F)F)cc2)cnc2ccsc12. The molecular weight excluding hydrogens is 515 g/mol. The van der Waals surface area contributed by atoms with Crippen molar-refractivity contribution < 1.29 is 31.2 Å². The Hall–Kier alpha value is -2.99. The smallest absolute Gasteiger partial charge is 0.354 e. The maximum Gasteiger partial charge on any atom is 0.413 e. The van der Waals surface area contributed by atoms with Crippen molar-refractivity contribution in [1.29, 1.82) is 0 Å². The minimum Gasteiger partial charge on any atom is -0.354 e. The number of hydrogen-bond acceptors (Lipinski definition) is 7. The minimum absolute atomic E-state index is 0.0139. The van der Waals surface area contributed by atoms with Crippen molar-refractivity contribution in [3.05, 3.63) is 53.0 Å². The van der Waals surface area contributed by atoms with Crippen LogP contribution in [0.3, 0.4) is 0 Å². The quantitative estimate of drug-likeness (QED) is 0.437. The van der Waals surface area contributed by atoms with E-state index in [0.717, 1.165) is 11.7 Å². The Bertz CT molecular complexity index is 1390. The lowest BCUT2D eigenvalue weighted by Crippen LogP contribution is -2.44. The predicted octanol–water partition coefficient (Wildman–Crippen LogP) is 5.13. The number of benzene rings is 1. The maximum absolute atomic E-state index is 14.1. The van der Waals surface area contributed by atoms with Gasteiger partial charge in [-0.1, -0.05) is 12.1 Å². The van der Waals surface area contributed by atoms with E-state index in [1.54, 1.807) is 6.07 Å². The van der Waals surface area contributed by atoms with Crippen LogP contribution in [0.5, 0.6) is 0 Å². The molecule has 1 amide bonds. The lowest BCUT2D eigenvalue weighted by molar-refractivity contribution is -0.190. The van der Waals surface area contributed by atoms with Crippen LogP contribution in [0.15, 0.2) is 41.9 Å². The molecule has 12 heteroatoms. The number of pyridine rings is 1. The molecule has 3 heterocycles. The third kappa shape index (κ3) is 5.39. The molecule has 1 fully saturated rings. The van der Waals surface area contributed by atoms with Gasteiger partial charge in [0.25, 0.3) is 0 Å². The van der Waals surface area contributed by atoms with E-state index in [1.807, 2.05) is 5.38 Å². The number of anilines is 2.